The summed E-state index contributed by atoms with van der Waals surface area (Å²) >= 11 is 0. The first-order chi connectivity index (χ1) is 9.31. The van der Waals surface area contributed by atoms with Gasteiger partial charge in [-0.05, 0) is 62.3 Å². The third kappa shape index (κ3) is 4.51. The molecule has 0 saturated carbocycles. The second-order valence-corrected chi connectivity index (χ2v) is 5.37. The second kappa shape index (κ2) is 7.51. The van der Waals surface area contributed by atoms with Gasteiger partial charge in [0.1, 0.15) is 5.75 Å². The molecule has 0 aliphatic carbocycles. The first kappa shape index (κ1) is 14.4. The molecule has 106 valence electrons. The first-order valence-electron chi connectivity index (χ1n) is 7.26. The molecule has 3 nitrogen and oxygen atoms in total. The molecule has 1 aromatic rings. The average molecular weight is 263 g/mol. The lowest BCUT2D eigenvalue weighted by atomic mass is 9.93. The number of methoxy groups -OCH3 is 1. The molecule has 1 aliphatic rings. The van der Waals surface area contributed by atoms with Gasteiger partial charge in [0.2, 0.25) is 0 Å². The van der Waals surface area contributed by atoms with Gasteiger partial charge in [0.25, 0.3) is 0 Å². The van der Waals surface area contributed by atoms with Crippen LogP contribution in [0.5, 0.6) is 5.75 Å². The molecule has 3 heteroatoms. The van der Waals surface area contributed by atoms with Crippen LogP contribution in [0.3, 0.4) is 0 Å². The Hall–Kier alpha value is -1.06. The van der Waals surface area contributed by atoms with Crippen LogP contribution >= 0.6 is 0 Å². The maximum absolute atomic E-state index is 5.90. The fourth-order valence-electron chi connectivity index (χ4n) is 2.69. The molecule has 0 aromatic heterocycles. The maximum atomic E-state index is 5.90. The van der Waals surface area contributed by atoms with Gasteiger partial charge in [0.15, 0.2) is 0 Å². The Morgan fingerprint density at radius 3 is 2.74 bits per heavy atom. The highest BCUT2D eigenvalue weighted by atomic mass is 16.5. The van der Waals surface area contributed by atoms with E-state index < -0.39 is 0 Å². The van der Waals surface area contributed by atoms with E-state index >= 15 is 0 Å². The average Bonchev–Trinajstić information content (AvgIpc) is 2.97. The summed E-state index contributed by atoms with van der Waals surface area (Å²) < 4.78 is 10.8. The molecule has 2 atom stereocenters. The zero-order chi connectivity index (χ0) is 13.5. The van der Waals surface area contributed by atoms with Gasteiger partial charge in [-0.3, -0.25) is 0 Å². The van der Waals surface area contributed by atoms with Crippen LogP contribution in [-0.4, -0.2) is 26.4 Å². The molecule has 0 radical (unpaired) electrons. The Labute approximate surface area is 116 Å². The van der Waals surface area contributed by atoms with Gasteiger partial charge in [-0.25, -0.2) is 0 Å². The van der Waals surface area contributed by atoms with Crippen LogP contribution in [0, 0.1) is 5.92 Å². The predicted octanol–water partition coefficient (Wildman–Crippen LogP) is 2.77. The highest BCUT2D eigenvalue weighted by Gasteiger charge is 2.17. The van der Waals surface area contributed by atoms with E-state index in [1.54, 1.807) is 7.11 Å². The van der Waals surface area contributed by atoms with E-state index in [4.69, 9.17) is 15.2 Å². The summed E-state index contributed by atoms with van der Waals surface area (Å²) in [6.07, 6.45) is 6.28. The van der Waals surface area contributed by atoms with Gasteiger partial charge in [0, 0.05) is 6.61 Å². The lowest BCUT2D eigenvalue weighted by Crippen LogP contribution is -2.19. The van der Waals surface area contributed by atoms with E-state index in [0.717, 1.165) is 38.2 Å². The minimum atomic E-state index is 0.477. The molecule has 1 aliphatic heterocycles. The van der Waals surface area contributed by atoms with Gasteiger partial charge in [-0.2, -0.15) is 0 Å². The molecule has 1 aromatic carbocycles. The van der Waals surface area contributed by atoms with Crippen molar-refractivity contribution in [2.24, 2.45) is 11.7 Å². The molecule has 2 unspecified atom stereocenters. The van der Waals surface area contributed by atoms with Crippen molar-refractivity contribution in [3.63, 3.8) is 0 Å². The standard InChI is InChI=1S/C16H25NO2/c1-18-15-7-4-13(5-8-15)11-14(12-17)6-9-16-3-2-10-19-16/h4-5,7-8,14,16H,2-3,6,9-12,17H2,1H3. The molecule has 1 heterocycles. The van der Waals surface area contributed by atoms with E-state index in [2.05, 4.69) is 12.1 Å². The Morgan fingerprint density at radius 1 is 1.37 bits per heavy atom. The number of hydrogen-bond acceptors (Lipinski definition) is 3. The van der Waals surface area contributed by atoms with Gasteiger partial charge >= 0.3 is 0 Å². The number of hydrogen-bond donors (Lipinski definition) is 1. The zero-order valence-corrected chi connectivity index (χ0v) is 11.8. The second-order valence-electron chi connectivity index (χ2n) is 5.37. The Morgan fingerprint density at radius 2 is 2.16 bits per heavy atom. The van der Waals surface area contributed by atoms with Crippen molar-refractivity contribution in [2.45, 2.75) is 38.2 Å². The Balaban J connectivity index is 1.79. The number of nitrogens with two attached hydrogens (primary N) is 1. The summed E-state index contributed by atoms with van der Waals surface area (Å²) in [5.41, 5.74) is 7.23. The largest absolute Gasteiger partial charge is 0.497 e. The third-order valence-corrected chi connectivity index (χ3v) is 3.94. The summed E-state index contributed by atoms with van der Waals surface area (Å²) in [7, 11) is 1.69. The van der Waals surface area contributed by atoms with Crippen molar-refractivity contribution >= 4 is 0 Å². The third-order valence-electron chi connectivity index (χ3n) is 3.94. The van der Waals surface area contributed by atoms with Crippen LogP contribution in [0.15, 0.2) is 24.3 Å². The van der Waals surface area contributed by atoms with E-state index in [1.807, 2.05) is 12.1 Å². The summed E-state index contributed by atoms with van der Waals surface area (Å²) in [6.45, 7) is 1.69. The molecule has 1 fully saturated rings. The Kier molecular flexibility index (Phi) is 5.67. The van der Waals surface area contributed by atoms with Gasteiger partial charge < -0.3 is 15.2 Å². The van der Waals surface area contributed by atoms with Gasteiger partial charge in [-0.15, -0.1) is 0 Å². The summed E-state index contributed by atoms with van der Waals surface area (Å²) in [6, 6.07) is 8.30. The number of benzene rings is 1. The van der Waals surface area contributed by atoms with Crippen LogP contribution in [0.1, 0.15) is 31.2 Å². The van der Waals surface area contributed by atoms with Crippen molar-refractivity contribution in [3.05, 3.63) is 29.8 Å². The van der Waals surface area contributed by atoms with Crippen molar-refractivity contribution < 1.29 is 9.47 Å². The predicted molar refractivity (Wildman–Crippen MR) is 77.5 cm³/mol. The van der Waals surface area contributed by atoms with E-state index in [9.17, 15) is 0 Å². The quantitative estimate of drug-likeness (QED) is 0.822. The SMILES string of the molecule is COc1ccc(CC(CN)CCC2CCCO2)cc1. The first-order valence-corrected chi connectivity index (χ1v) is 7.26. The topological polar surface area (TPSA) is 44.5 Å². The molecule has 0 bridgehead atoms. The Bertz CT molecular complexity index is 358. The fraction of sp³-hybridized carbons (Fsp3) is 0.625. The molecule has 2 rings (SSSR count). The number of ether oxygens (including phenoxy) is 2. The maximum Gasteiger partial charge on any atom is 0.118 e. The lowest BCUT2D eigenvalue weighted by molar-refractivity contribution is 0.0983. The van der Waals surface area contributed by atoms with E-state index in [-0.39, 0.29) is 0 Å². The van der Waals surface area contributed by atoms with Crippen molar-refractivity contribution in [2.75, 3.05) is 20.3 Å². The fourth-order valence-corrected chi connectivity index (χ4v) is 2.69. The molecular formula is C16H25NO2. The summed E-state index contributed by atoms with van der Waals surface area (Å²) in [4.78, 5) is 0. The van der Waals surface area contributed by atoms with Crippen LogP contribution in [0.4, 0.5) is 0 Å². The number of rotatable bonds is 7. The lowest BCUT2D eigenvalue weighted by Gasteiger charge is -2.17. The van der Waals surface area contributed by atoms with Crippen molar-refractivity contribution in [3.8, 4) is 5.75 Å². The van der Waals surface area contributed by atoms with Crippen LogP contribution in [0.25, 0.3) is 0 Å². The van der Waals surface area contributed by atoms with Crippen LogP contribution in [0.2, 0.25) is 0 Å². The van der Waals surface area contributed by atoms with Crippen molar-refractivity contribution in [1.29, 1.82) is 0 Å². The molecular weight excluding hydrogens is 238 g/mol. The van der Waals surface area contributed by atoms with Crippen LogP contribution in [-0.2, 0) is 11.2 Å². The van der Waals surface area contributed by atoms with E-state index in [1.165, 1.54) is 18.4 Å². The van der Waals surface area contributed by atoms with Gasteiger partial charge in [0.05, 0.1) is 13.2 Å². The smallest absolute Gasteiger partial charge is 0.118 e. The molecule has 2 N–H and O–H groups in total. The molecule has 0 amide bonds. The molecule has 1 saturated heterocycles. The molecule has 0 spiro atoms. The minimum Gasteiger partial charge on any atom is -0.497 e. The highest BCUT2D eigenvalue weighted by Crippen LogP contribution is 2.22. The monoisotopic (exact) mass is 263 g/mol. The van der Waals surface area contributed by atoms with E-state index in [0.29, 0.717) is 12.0 Å². The van der Waals surface area contributed by atoms with Crippen molar-refractivity contribution in [1.82, 2.24) is 0 Å². The molecule has 19 heavy (non-hydrogen) atoms. The summed E-state index contributed by atoms with van der Waals surface area (Å²) in [5.74, 6) is 1.46. The zero-order valence-electron chi connectivity index (χ0n) is 11.8. The summed E-state index contributed by atoms with van der Waals surface area (Å²) in [5, 5.41) is 0. The normalized spacial score (nSPS) is 20.4. The minimum absolute atomic E-state index is 0.477. The van der Waals surface area contributed by atoms with Gasteiger partial charge in [-0.1, -0.05) is 12.1 Å². The van der Waals surface area contributed by atoms with Crippen LogP contribution < -0.4 is 10.5 Å². The highest BCUT2D eigenvalue weighted by molar-refractivity contribution is 5.27.